The summed E-state index contributed by atoms with van der Waals surface area (Å²) in [6.07, 6.45) is 10.5. The van der Waals surface area contributed by atoms with Crippen LogP contribution < -0.4 is 5.32 Å². The van der Waals surface area contributed by atoms with Gasteiger partial charge in [-0.1, -0.05) is 67.6 Å². The standard InChI is InChI=1S/C24H37N3O2.C17H26N2.C14H26N2O3.C14H26N2.C13H26N2O.C13H26N2.C12H24N2.C10H20N2/c1-24(2,3)27-16-21-14-25(15-22(21)17-27)13-19-9-11-26(12-10-19)23(28)29-18-20-7-5-4-6-8-20;1-16(2,3)19-11-15-10-18(4)12-17(15,13-19)14-8-6-5-7-9-14;1-14(2,3)16-9-11-7-15(8-12(11)10-16)13(18)19-6-4-5-17;1-14(2,3)16-9-12-7-15(6-11-4-5-11)8-13(12)10-16;1-13(2,3)15-9-11-7-14(5-4-6-16)8-12(11)10-15;1-12(2,3)15-9-6-13(7-10-15)5-8-14(4)11-13;1-5-13-6-10-8-14(12(2,3)4)9-11(10)7-13;1-10(2,3)12-6-8-4-11-5-9(8)7-12/h4-8,19,21-22H,9-18H2,1-3H3;5-9,15H,10-13H2,1-4H3;11-12,17H,4-10H2,1-3H3;11-13H,4-10H2,1-3H3;11-12,16H,4-10H2,1-3H3;5-11H2,1-4H3;10-11H,5-9H2,1-4H3;8-9,11H,4-7H2,1-3H3/t21-,22+;15-,17+;11-,12+;12-,13+;11-,12+;;10-,11+;8-,9+/m.1....../s1. The van der Waals surface area contributed by atoms with Crippen LogP contribution in [0.2, 0.25) is 0 Å². The van der Waals surface area contributed by atoms with Crippen LogP contribution in [-0.4, -0.2) is 428 Å². The average Bonchev–Trinajstić information content (AvgIpc) is 1.57. The van der Waals surface area contributed by atoms with Crippen LogP contribution in [0.25, 0.3) is 0 Å². The maximum Gasteiger partial charge on any atom is 0.410 e. The summed E-state index contributed by atoms with van der Waals surface area (Å²) >= 11 is 0. The number of carbonyl (C=O) groups is 2. The number of fused-ring (bicyclic) bond motifs is 7. The lowest BCUT2D eigenvalue weighted by Gasteiger charge is -2.45. The second kappa shape index (κ2) is 48.1. The van der Waals surface area contributed by atoms with Crippen LogP contribution in [0.3, 0.4) is 0 Å². The van der Waals surface area contributed by atoms with Crippen molar-refractivity contribution < 1.29 is 29.3 Å². The second-order valence-corrected chi connectivity index (χ2v) is 56.0. The predicted molar refractivity (Wildman–Crippen MR) is 580 cm³/mol. The van der Waals surface area contributed by atoms with Gasteiger partial charge in [-0.2, -0.15) is 0 Å². The van der Waals surface area contributed by atoms with Crippen molar-refractivity contribution >= 4 is 12.2 Å². The lowest BCUT2D eigenvalue weighted by atomic mass is 9.75. The van der Waals surface area contributed by atoms with Gasteiger partial charge in [-0.25, -0.2) is 9.59 Å². The Morgan fingerprint density at radius 3 is 1.08 bits per heavy atom. The Hall–Kier alpha value is -3.70. The van der Waals surface area contributed by atoms with Crippen molar-refractivity contribution in [2.75, 3.05) is 283 Å². The topological polar surface area (TPSA) is 157 Å². The number of ether oxygens (including phenoxy) is 2. The predicted octanol–water partition coefficient (Wildman–Crippen LogP) is 15.4. The molecule has 14 atom stereocenters. The minimum atomic E-state index is -0.217. The summed E-state index contributed by atoms with van der Waals surface area (Å²) in [5.41, 5.74) is 6.25. The Balaban J connectivity index is 0.000000137. The molecule has 0 unspecified atom stereocenters. The van der Waals surface area contributed by atoms with Crippen LogP contribution in [0.15, 0.2) is 60.7 Å². The van der Waals surface area contributed by atoms with E-state index in [0.29, 0.717) is 88.1 Å². The number of aliphatic hydroxyl groups excluding tert-OH is 2. The van der Waals surface area contributed by atoms with Crippen molar-refractivity contribution in [2.24, 2.45) is 94.2 Å². The molecule has 17 saturated heterocycles. The Bertz CT molecular complexity index is 3970. The number of likely N-dealkylation sites (tertiary alicyclic amines) is 16. The molecule has 0 aromatic heterocycles. The van der Waals surface area contributed by atoms with Crippen molar-refractivity contribution in [3.63, 3.8) is 0 Å². The molecular weight excluding hydrogens is 1740 g/mol. The lowest BCUT2D eigenvalue weighted by molar-refractivity contribution is 0.0475. The van der Waals surface area contributed by atoms with E-state index in [2.05, 4.69) is 291 Å². The van der Waals surface area contributed by atoms with Gasteiger partial charge in [0.2, 0.25) is 0 Å². The molecule has 23 nitrogen and oxygen atoms in total. The molecule has 23 heteroatoms. The van der Waals surface area contributed by atoms with E-state index in [1.54, 1.807) is 0 Å². The van der Waals surface area contributed by atoms with Crippen LogP contribution in [0, 0.1) is 94.2 Å². The number of hydrogen-bond acceptors (Lipinski definition) is 21. The quantitative estimate of drug-likeness (QED) is 0.153. The van der Waals surface area contributed by atoms with E-state index in [4.69, 9.17) is 19.7 Å². The summed E-state index contributed by atoms with van der Waals surface area (Å²) in [6.45, 7) is 106. The van der Waals surface area contributed by atoms with E-state index in [9.17, 15) is 9.59 Å². The van der Waals surface area contributed by atoms with Gasteiger partial charge >= 0.3 is 12.2 Å². The van der Waals surface area contributed by atoms with Gasteiger partial charge in [0, 0.05) is 279 Å². The normalized spacial score (nSPS) is 31.4. The molecule has 0 bridgehead atoms. The van der Waals surface area contributed by atoms with E-state index >= 15 is 0 Å². The van der Waals surface area contributed by atoms with E-state index in [1.165, 1.54) is 241 Å². The number of benzene rings is 2. The van der Waals surface area contributed by atoms with Crippen molar-refractivity contribution in [1.82, 2.24) is 83.7 Å². The molecule has 140 heavy (non-hydrogen) atoms. The van der Waals surface area contributed by atoms with Crippen molar-refractivity contribution in [1.29, 1.82) is 0 Å². The molecule has 1 aliphatic carbocycles. The third-order valence-corrected chi connectivity index (χ3v) is 37.0. The summed E-state index contributed by atoms with van der Waals surface area (Å²) < 4.78 is 10.6. The van der Waals surface area contributed by atoms with E-state index in [-0.39, 0.29) is 29.9 Å². The maximum atomic E-state index is 12.4. The molecule has 18 aliphatic rings. The van der Waals surface area contributed by atoms with Gasteiger partial charge in [0.25, 0.3) is 0 Å². The van der Waals surface area contributed by atoms with Crippen LogP contribution in [0.1, 0.15) is 242 Å². The highest BCUT2D eigenvalue weighted by Crippen LogP contribution is 2.48. The van der Waals surface area contributed by atoms with Crippen LogP contribution in [-0.2, 0) is 21.5 Å². The first-order valence-corrected chi connectivity index (χ1v) is 56.9. The lowest BCUT2D eigenvalue weighted by Crippen LogP contribution is -2.49. The van der Waals surface area contributed by atoms with Gasteiger partial charge in [-0.3, -0.25) is 39.2 Å². The first-order valence-electron chi connectivity index (χ1n) is 56.9. The fourth-order valence-corrected chi connectivity index (χ4v) is 27.4. The molecule has 3 N–H and O–H groups in total. The maximum absolute atomic E-state index is 12.4. The minimum Gasteiger partial charge on any atom is -0.449 e. The molecule has 2 amide bonds. The van der Waals surface area contributed by atoms with E-state index in [0.717, 1.165) is 142 Å². The number of piperidine rings is 2. The molecule has 20 rings (SSSR count). The molecule has 2 aromatic carbocycles. The van der Waals surface area contributed by atoms with Crippen molar-refractivity contribution in [2.45, 2.75) is 287 Å². The molecule has 17 aliphatic heterocycles. The largest absolute Gasteiger partial charge is 0.449 e. The molecule has 2 aromatic rings. The molecule has 1 saturated carbocycles. The highest BCUT2D eigenvalue weighted by molar-refractivity contribution is 5.68. The first-order chi connectivity index (χ1) is 65.7. The number of nitrogens with zero attached hydrogens (tertiary/aromatic N) is 16. The van der Waals surface area contributed by atoms with E-state index in [1.807, 2.05) is 40.1 Å². The molecular formula is C117H211N17O6. The summed E-state index contributed by atoms with van der Waals surface area (Å²) in [7, 11) is 4.54. The molecule has 1 spiro atoms. The van der Waals surface area contributed by atoms with Gasteiger partial charge in [0.15, 0.2) is 0 Å². The Morgan fingerprint density at radius 2 is 0.707 bits per heavy atom. The number of carbonyl (C=O) groups excluding carboxylic acids is 2. The van der Waals surface area contributed by atoms with Crippen molar-refractivity contribution in [3.8, 4) is 0 Å². The number of amides is 2. The highest BCUT2D eigenvalue weighted by Gasteiger charge is 2.56. The smallest absolute Gasteiger partial charge is 0.410 e. The minimum absolute atomic E-state index is 0.0685. The van der Waals surface area contributed by atoms with Gasteiger partial charge in [-0.05, 0) is 376 Å². The Morgan fingerprint density at radius 1 is 0.350 bits per heavy atom. The van der Waals surface area contributed by atoms with E-state index < -0.39 is 0 Å². The zero-order valence-electron chi connectivity index (χ0n) is 94.7. The monoisotopic (exact) mass is 1950 g/mol. The SMILES string of the molecule is CC(C)(C)N1C[C@H]2CN(C(=O)OCCCO)C[C@H]2C1.CC(C)(C)N1C[C@H]2CN(CC3CC3)C[C@H]2C1.CC(C)(C)N1C[C@H]2CN(CC3CCN(C(=O)OCc4ccccc4)CC3)C[C@H]2C1.CC(C)(C)N1C[C@H]2CN(CCCO)C[C@H]2C1.CC(C)(C)N1C[C@H]2CNC[C@H]2C1.CCN1C[C@@H]2CN(C(C)(C)C)C[C@@H]2C1.CN1CCC2(CCN(C(C)(C)C)CC2)C1.CN1C[C@@H]2CN(C(C)(C)C)C[C@]2(c2ccccc2)C1. The zero-order chi connectivity index (χ0) is 101. The van der Waals surface area contributed by atoms with Crippen LogP contribution >= 0.6 is 0 Å². The third-order valence-electron chi connectivity index (χ3n) is 37.0. The van der Waals surface area contributed by atoms with Crippen LogP contribution in [0.5, 0.6) is 0 Å². The number of likely N-dealkylation sites (N-methyl/N-ethyl adjacent to an activating group) is 1. The highest BCUT2D eigenvalue weighted by atomic mass is 16.6. The second-order valence-electron chi connectivity index (χ2n) is 56.0. The summed E-state index contributed by atoms with van der Waals surface area (Å²) in [6, 6.07) is 21.1. The van der Waals surface area contributed by atoms with Gasteiger partial charge in [0.05, 0.1) is 6.61 Å². The molecule has 17 heterocycles. The Kier molecular flexibility index (Phi) is 39.0. The summed E-state index contributed by atoms with van der Waals surface area (Å²) in [4.78, 5) is 64.6. The number of rotatable bonds is 14. The van der Waals surface area contributed by atoms with Crippen LogP contribution in [0.4, 0.5) is 9.59 Å². The zero-order valence-corrected chi connectivity index (χ0v) is 94.7. The fraction of sp³-hybridized carbons (Fsp3) is 0.880. The Labute approximate surface area is 856 Å². The van der Waals surface area contributed by atoms with Gasteiger partial charge in [-0.15, -0.1) is 0 Å². The summed E-state index contributed by atoms with van der Waals surface area (Å²) in [5.74, 6) is 12.9. The molecule has 800 valence electrons. The molecule has 18 fully saturated rings. The number of hydrogen-bond donors (Lipinski definition) is 3. The van der Waals surface area contributed by atoms with Gasteiger partial charge < -0.3 is 64.2 Å². The average molecular weight is 1950 g/mol. The molecule has 0 radical (unpaired) electrons. The number of aliphatic hydroxyl groups is 2. The summed E-state index contributed by atoms with van der Waals surface area (Å²) in [5, 5.41) is 21.0. The third kappa shape index (κ3) is 31.3. The first kappa shape index (κ1) is 113. The fourth-order valence-electron chi connectivity index (χ4n) is 27.4. The van der Waals surface area contributed by atoms with Crippen molar-refractivity contribution in [3.05, 3.63) is 71.8 Å². The number of nitrogens with one attached hydrogen (secondary N) is 1. The van der Waals surface area contributed by atoms with Gasteiger partial charge in [0.1, 0.15) is 6.61 Å².